The molecular formula is C29H32BrClN2O3. The Morgan fingerprint density at radius 1 is 1.00 bits per heavy atom. The minimum atomic E-state index is -0.714. The van der Waals surface area contributed by atoms with Crippen molar-refractivity contribution in [3.05, 3.63) is 99.0 Å². The molecule has 3 aromatic carbocycles. The quantitative estimate of drug-likeness (QED) is 0.291. The maximum Gasteiger partial charge on any atom is 0.261 e. The van der Waals surface area contributed by atoms with Crippen molar-refractivity contribution in [1.29, 1.82) is 0 Å². The van der Waals surface area contributed by atoms with Gasteiger partial charge in [-0.25, -0.2) is 0 Å². The Morgan fingerprint density at radius 2 is 1.72 bits per heavy atom. The van der Waals surface area contributed by atoms with Crippen LogP contribution >= 0.6 is 27.5 Å². The lowest BCUT2D eigenvalue weighted by molar-refractivity contribution is -0.142. The molecule has 36 heavy (non-hydrogen) atoms. The van der Waals surface area contributed by atoms with Gasteiger partial charge in [0.25, 0.3) is 5.91 Å². The molecule has 0 radical (unpaired) electrons. The number of carbonyl (C=O) groups excluding carboxylic acids is 2. The molecule has 0 saturated carbocycles. The van der Waals surface area contributed by atoms with Gasteiger partial charge in [-0.15, -0.1) is 0 Å². The number of hydrogen-bond donors (Lipinski definition) is 1. The number of halogens is 2. The Bertz CT molecular complexity index is 1170. The first-order chi connectivity index (χ1) is 17.3. The number of carbonyl (C=O) groups is 2. The van der Waals surface area contributed by atoms with Crippen LogP contribution in [0.1, 0.15) is 43.4 Å². The van der Waals surface area contributed by atoms with Gasteiger partial charge in [-0.2, -0.15) is 0 Å². The van der Waals surface area contributed by atoms with E-state index in [2.05, 4.69) is 35.1 Å². The van der Waals surface area contributed by atoms with E-state index in [9.17, 15) is 9.59 Å². The zero-order chi connectivity index (χ0) is 26.1. The van der Waals surface area contributed by atoms with E-state index in [4.69, 9.17) is 16.3 Å². The maximum absolute atomic E-state index is 13.6. The third kappa shape index (κ3) is 7.84. The molecule has 0 fully saturated rings. The monoisotopic (exact) mass is 570 g/mol. The van der Waals surface area contributed by atoms with Gasteiger partial charge in [-0.05, 0) is 69.7 Å². The normalized spacial score (nSPS) is 11.7. The Morgan fingerprint density at radius 3 is 2.36 bits per heavy atom. The molecule has 0 saturated heterocycles. The highest BCUT2D eigenvalue weighted by Gasteiger charge is 2.30. The average Bonchev–Trinajstić information content (AvgIpc) is 2.86. The number of ether oxygens (including phenoxy) is 1. The fourth-order valence-electron chi connectivity index (χ4n) is 3.89. The van der Waals surface area contributed by atoms with Crippen LogP contribution in [-0.4, -0.2) is 35.9 Å². The summed E-state index contributed by atoms with van der Waals surface area (Å²) in [5, 5.41) is 3.46. The smallest absolute Gasteiger partial charge is 0.261 e. The summed E-state index contributed by atoms with van der Waals surface area (Å²) in [7, 11) is 0. The number of amides is 2. The molecule has 0 aromatic heterocycles. The molecule has 2 amide bonds. The molecule has 0 aliphatic heterocycles. The van der Waals surface area contributed by atoms with Crippen LogP contribution in [0.3, 0.4) is 0 Å². The topological polar surface area (TPSA) is 58.6 Å². The average molecular weight is 572 g/mol. The SMILES string of the molecule is CCNC(=O)[C@H](Cc1ccccc1)N(Cc1cccc(Cl)c1)C(=O)COc1ccc(C(C)C)cc1Br. The third-order valence-electron chi connectivity index (χ3n) is 5.84. The van der Waals surface area contributed by atoms with Crippen LogP contribution in [0.4, 0.5) is 0 Å². The molecule has 0 aliphatic carbocycles. The number of benzene rings is 3. The second-order valence-corrected chi connectivity index (χ2v) is 10.2. The van der Waals surface area contributed by atoms with Gasteiger partial charge < -0.3 is 15.0 Å². The van der Waals surface area contributed by atoms with E-state index in [0.29, 0.717) is 29.7 Å². The first kappa shape index (κ1) is 27.8. The number of hydrogen-bond acceptors (Lipinski definition) is 3. The van der Waals surface area contributed by atoms with Crippen LogP contribution in [-0.2, 0) is 22.6 Å². The minimum absolute atomic E-state index is 0.203. The molecule has 0 aliphatic rings. The fraction of sp³-hybridized carbons (Fsp3) is 0.310. The predicted octanol–water partition coefficient (Wildman–Crippen LogP) is 6.38. The van der Waals surface area contributed by atoms with Gasteiger partial charge in [-0.1, -0.05) is 74.0 Å². The molecule has 3 aromatic rings. The van der Waals surface area contributed by atoms with Crippen molar-refractivity contribution in [3.8, 4) is 5.75 Å². The fourth-order valence-corrected chi connectivity index (χ4v) is 4.62. The van der Waals surface area contributed by atoms with E-state index >= 15 is 0 Å². The number of nitrogens with zero attached hydrogens (tertiary/aromatic N) is 1. The van der Waals surface area contributed by atoms with Crippen LogP contribution in [0.2, 0.25) is 5.02 Å². The molecule has 0 bridgehead atoms. The van der Waals surface area contributed by atoms with Gasteiger partial charge in [0.2, 0.25) is 5.91 Å². The van der Waals surface area contributed by atoms with Crippen LogP contribution in [0.5, 0.6) is 5.75 Å². The number of likely N-dealkylation sites (N-methyl/N-ethyl adjacent to an activating group) is 1. The molecule has 0 spiro atoms. The van der Waals surface area contributed by atoms with Gasteiger partial charge in [0, 0.05) is 24.5 Å². The van der Waals surface area contributed by atoms with Crippen LogP contribution < -0.4 is 10.1 Å². The summed E-state index contributed by atoms with van der Waals surface area (Å²) >= 11 is 9.76. The summed E-state index contributed by atoms with van der Waals surface area (Å²) in [5.41, 5.74) is 2.97. The summed E-state index contributed by atoms with van der Waals surface area (Å²) < 4.78 is 6.70. The van der Waals surface area contributed by atoms with E-state index in [1.807, 2.05) is 67.6 Å². The Balaban J connectivity index is 1.88. The predicted molar refractivity (Wildman–Crippen MR) is 148 cm³/mol. The second kappa shape index (κ2) is 13.5. The highest BCUT2D eigenvalue weighted by Crippen LogP contribution is 2.29. The number of nitrogens with one attached hydrogen (secondary N) is 1. The standard InChI is InChI=1S/C29H32BrClN2O3/c1-4-32-29(35)26(16-21-9-6-5-7-10-21)33(18-22-11-8-12-24(31)15-22)28(34)19-36-27-14-13-23(20(2)3)17-25(27)30/h5-15,17,20,26H,4,16,18-19H2,1-3H3,(H,32,35)/t26-/m0/s1. The van der Waals surface area contributed by atoms with E-state index in [0.717, 1.165) is 15.6 Å². The molecule has 1 N–H and O–H groups in total. The number of rotatable bonds is 11. The molecule has 190 valence electrons. The maximum atomic E-state index is 13.6. The highest BCUT2D eigenvalue weighted by atomic mass is 79.9. The summed E-state index contributed by atoms with van der Waals surface area (Å²) in [6, 6.07) is 22.1. The lowest BCUT2D eigenvalue weighted by Crippen LogP contribution is -2.51. The Labute approximate surface area is 226 Å². The first-order valence-electron chi connectivity index (χ1n) is 12.1. The van der Waals surface area contributed by atoms with Gasteiger partial charge in [-0.3, -0.25) is 9.59 Å². The van der Waals surface area contributed by atoms with Crippen LogP contribution in [0, 0.1) is 0 Å². The molecule has 0 unspecified atom stereocenters. The van der Waals surface area contributed by atoms with E-state index in [-0.39, 0.29) is 25.0 Å². The Kier molecular flexibility index (Phi) is 10.4. The van der Waals surface area contributed by atoms with Crippen LogP contribution in [0.15, 0.2) is 77.3 Å². The first-order valence-corrected chi connectivity index (χ1v) is 13.2. The van der Waals surface area contributed by atoms with Gasteiger partial charge in [0.1, 0.15) is 11.8 Å². The summed E-state index contributed by atoms with van der Waals surface area (Å²) in [4.78, 5) is 28.4. The van der Waals surface area contributed by atoms with Gasteiger partial charge in [0.05, 0.1) is 4.47 Å². The van der Waals surface area contributed by atoms with E-state index in [1.165, 1.54) is 5.56 Å². The summed E-state index contributed by atoms with van der Waals surface area (Å²) in [6.45, 7) is 6.59. The Hall–Kier alpha value is -2.83. The molecular weight excluding hydrogens is 540 g/mol. The van der Waals surface area contributed by atoms with Gasteiger partial charge in [0.15, 0.2) is 6.61 Å². The van der Waals surface area contributed by atoms with Crippen molar-refractivity contribution in [1.82, 2.24) is 10.2 Å². The third-order valence-corrected chi connectivity index (χ3v) is 6.69. The summed E-state index contributed by atoms with van der Waals surface area (Å²) in [6.07, 6.45) is 0.381. The molecule has 3 rings (SSSR count). The molecule has 5 nitrogen and oxygen atoms in total. The van der Waals surface area contributed by atoms with E-state index < -0.39 is 6.04 Å². The largest absolute Gasteiger partial charge is 0.483 e. The molecule has 7 heteroatoms. The lowest BCUT2D eigenvalue weighted by atomic mass is 10.0. The van der Waals surface area contributed by atoms with E-state index in [1.54, 1.807) is 17.0 Å². The van der Waals surface area contributed by atoms with Gasteiger partial charge >= 0.3 is 0 Å². The van der Waals surface area contributed by atoms with Crippen molar-refractivity contribution in [2.75, 3.05) is 13.2 Å². The van der Waals surface area contributed by atoms with Crippen molar-refractivity contribution < 1.29 is 14.3 Å². The zero-order valence-corrected chi connectivity index (χ0v) is 23.2. The van der Waals surface area contributed by atoms with Crippen molar-refractivity contribution in [3.63, 3.8) is 0 Å². The van der Waals surface area contributed by atoms with Crippen molar-refractivity contribution in [2.45, 2.75) is 45.7 Å². The summed E-state index contributed by atoms with van der Waals surface area (Å²) in [5.74, 6) is 0.454. The molecule has 1 atom stereocenters. The van der Waals surface area contributed by atoms with Crippen LogP contribution in [0.25, 0.3) is 0 Å². The molecule has 0 heterocycles. The van der Waals surface area contributed by atoms with Crippen molar-refractivity contribution in [2.24, 2.45) is 0 Å². The van der Waals surface area contributed by atoms with Crippen molar-refractivity contribution >= 4 is 39.3 Å². The second-order valence-electron chi connectivity index (χ2n) is 8.88. The minimum Gasteiger partial charge on any atom is -0.483 e. The zero-order valence-electron chi connectivity index (χ0n) is 20.8. The lowest BCUT2D eigenvalue weighted by Gasteiger charge is -2.31. The highest BCUT2D eigenvalue weighted by molar-refractivity contribution is 9.10.